The molecule has 2 aliphatic rings. The van der Waals surface area contributed by atoms with Crippen LogP contribution in [0.3, 0.4) is 0 Å². The first kappa shape index (κ1) is 28.9. The highest BCUT2D eigenvalue weighted by atomic mass is 16.6. The van der Waals surface area contributed by atoms with Crippen LogP contribution in [0.5, 0.6) is 0 Å². The van der Waals surface area contributed by atoms with Crippen LogP contribution in [0.25, 0.3) is 0 Å². The molecule has 0 amide bonds. The largest absolute Gasteiger partial charge is 0.368 e. The fraction of sp³-hybridized carbons (Fsp3) is 1.00. The number of ether oxygens (including phenoxy) is 1. The first-order valence-electron chi connectivity index (χ1n) is 13.0. The molecule has 10 atom stereocenters. The molecule has 0 radical (unpaired) electrons. The minimum absolute atomic E-state index is 0.200. The Balaban J connectivity index is 0.000000311. The van der Waals surface area contributed by atoms with Gasteiger partial charge in [0.2, 0.25) is 0 Å². The van der Waals surface area contributed by atoms with Crippen molar-refractivity contribution in [3.05, 3.63) is 0 Å². The highest BCUT2D eigenvalue weighted by Crippen LogP contribution is 2.43. The number of nitrogens with one attached hydrogen (secondary N) is 1. The molecule has 2 rings (SSSR count). The third-order valence-electron chi connectivity index (χ3n) is 8.66. The Morgan fingerprint density at radius 3 is 1.65 bits per heavy atom. The third-order valence-corrected chi connectivity index (χ3v) is 8.66. The van der Waals surface area contributed by atoms with E-state index in [0.29, 0.717) is 17.3 Å². The molecule has 0 spiro atoms. The second-order valence-corrected chi connectivity index (χ2v) is 13.6. The van der Waals surface area contributed by atoms with Crippen molar-refractivity contribution in [3.63, 3.8) is 0 Å². The summed E-state index contributed by atoms with van der Waals surface area (Å²) in [6, 6.07) is 0.721. The zero-order valence-electron chi connectivity index (χ0n) is 23.3. The molecule has 3 heteroatoms. The van der Waals surface area contributed by atoms with E-state index < -0.39 is 6.29 Å². The second kappa shape index (κ2) is 11.3. The maximum atomic E-state index is 9.81. The van der Waals surface area contributed by atoms with Gasteiger partial charge in [0.15, 0.2) is 6.29 Å². The van der Waals surface area contributed by atoms with E-state index in [2.05, 4.69) is 95.4 Å². The van der Waals surface area contributed by atoms with Crippen LogP contribution in [0.2, 0.25) is 0 Å². The summed E-state index contributed by atoms with van der Waals surface area (Å²) in [5.74, 6) is 4.73. The van der Waals surface area contributed by atoms with Gasteiger partial charge in [-0.05, 0) is 72.6 Å². The van der Waals surface area contributed by atoms with Crippen LogP contribution in [-0.4, -0.2) is 30.6 Å². The van der Waals surface area contributed by atoms with Crippen molar-refractivity contribution in [1.82, 2.24) is 5.32 Å². The van der Waals surface area contributed by atoms with Gasteiger partial charge in [-0.1, -0.05) is 83.1 Å². The van der Waals surface area contributed by atoms with Gasteiger partial charge in [-0.15, -0.1) is 0 Å². The zero-order chi connectivity index (χ0) is 24.3. The first-order valence-corrected chi connectivity index (χ1v) is 13.0. The SMILES string of the molecule is CC1[C@@H](C)[C@H](C)C(CC(C)(C)C)O[C@@H]1O.CN[C@H]1CC(CC(C)(C)C)[C@@H](C)[C@H](C)C1C. The summed E-state index contributed by atoms with van der Waals surface area (Å²) in [6.07, 6.45) is 3.36. The number of hydrogen-bond acceptors (Lipinski definition) is 3. The van der Waals surface area contributed by atoms with Gasteiger partial charge in [0.25, 0.3) is 0 Å². The Hall–Kier alpha value is -0.120. The summed E-state index contributed by atoms with van der Waals surface area (Å²) >= 11 is 0. The molecule has 1 aliphatic carbocycles. The van der Waals surface area contributed by atoms with Crippen molar-refractivity contribution >= 4 is 0 Å². The lowest BCUT2D eigenvalue weighted by Gasteiger charge is -2.45. The van der Waals surface area contributed by atoms with Crippen molar-refractivity contribution in [2.75, 3.05) is 7.05 Å². The highest BCUT2D eigenvalue weighted by Gasteiger charge is 2.40. The molecule has 1 saturated heterocycles. The van der Waals surface area contributed by atoms with Crippen molar-refractivity contribution in [2.24, 2.45) is 52.3 Å². The molecule has 0 aromatic rings. The van der Waals surface area contributed by atoms with Crippen LogP contribution in [0.15, 0.2) is 0 Å². The monoisotopic (exact) mass is 439 g/mol. The van der Waals surface area contributed by atoms with Crippen LogP contribution in [0.4, 0.5) is 0 Å². The molecule has 1 aliphatic heterocycles. The van der Waals surface area contributed by atoms with Crippen molar-refractivity contribution in [3.8, 4) is 0 Å². The summed E-state index contributed by atoms with van der Waals surface area (Å²) in [4.78, 5) is 0. The third kappa shape index (κ3) is 8.63. The normalized spacial score (nSPS) is 42.0. The van der Waals surface area contributed by atoms with E-state index in [1.165, 1.54) is 12.8 Å². The lowest BCUT2D eigenvalue weighted by Crippen LogP contribution is -2.46. The van der Waals surface area contributed by atoms with Crippen LogP contribution in [0.1, 0.15) is 102 Å². The van der Waals surface area contributed by atoms with Crippen molar-refractivity contribution in [2.45, 2.75) is 121 Å². The summed E-state index contributed by atoms with van der Waals surface area (Å²) in [5.41, 5.74) is 0.733. The maximum Gasteiger partial charge on any atom is 0.157 e. The molecule has 1 saturated carbocycles. The standard InChI is InChI=1S/C15H31N.C13H26O2/c1-10-11(2)13(9-15(4,5)6)8-14(16-7)12(10)3;1-8-9(2)11(7-13(4,5)6)15-12(14)10(8)3/h10-14,16H,8-9H2,1-7H3;8-12,14H,7H2,1-6H3/t10-,11-,12?,13?,14-;8-,9-,10?,11?,12-/m00/s1. The number of hydrogen-bond donors (Lipinski definition) is 2. The summed E-state index contributed by atoms with van der Waals surface area (Å²) in [6.45, 7) is 27.6. The van der Waals surface area contributed by atoms with E-state index in [4.69, 9.17) is 4.74 Å². The summed E-state index contributed by atoms with van der Waals surface area (Å²) < 4.78 is 5.71. The number of rotatable bonds is 3. The molecule has 0 bridgehead atoms. The predicted octanol–water partition coefficient (Wildman–Crippen LogP) is 6.99. The quantitative estimate of drug-likeness (QED) is 0.498. The van der Waals surface area contributed by atoms with Gasteiger partial charge in [0, 0.05) is 12.0 Å². The molecule has 2 fully saturated rings. The fourth-order valence-electron chi connectivity index (χ4n) is 5.81. The zero-order valence-corrected chi connectivity index (χ0v) is 23.3. The van der Waals surface area contributed by atoms with Gasteiger partial charge in [-0.2, -0.15) is 0 Å². The fourth-order valence-corrected chi connectivity index (χ4v) is 5.81. The lowest BCUT2D eigenvalue weighted by atomic mass is 9.63. The van der Waals surface area contributed by atoms with Gasteiger partial charge in [0.05, 0.1) is 6.10 Å². The first-order chi connectivity index (χ1) is 14.0. The molecule has 0 aromatic carbocycles. The molecule has 4 unspecified atom stereocenters. The van der Waals surface area contributed by atoms with E-state index in [1.807, 2.05) is 0 Å². The van der Waals surface area contributed by atoms with Crippen LogP contribution < -0.4 is 5.32 Å². The Morgan fingerprint density at radius 1 is 0.710 bits per heavy atom. The second-order valence-electron chi connectivity index (χ2n) is 13.6. The van der Waals surface area contributed by atoms with E-state index in [-0.39, 0.29) is 17.4 Å². The minimum Gasteiger partial charge on any atom is -0.368 e. The van der Waals surface area contributed by atoms with E-state index in [9.17, 15) is 5.11 Å². The van der Waals surface area contributed by atoms with E-state index in [1.54, 1.807) is 0 Å². The topological polar surface area (TPSA) is 41.5 Å². The molecule has 2 N–H and O–H groups in total. The minimum atomic E-state index is -0.580. The molecule has 0 aromatic heterocycles. The molecular formula is C28H57NO2. The Bertz CT molecular complexity index is 518. The maximum absolute atomic E-state index is 9.81. The van der Waals surface area contributed by atoms with Gasteiger partial charge >= 0.3 is 0 Å². The summed E-state index contributed by atoms with van der Waals surface area (Å²) in [5, 5.41) is 13.3. The average molecular weight is 440 g/mol. The van der Waals surface area contributed by atoms with Gasteiger partial charge in [-0.25, -0.2) is 0 Å². The van der Waals surface area contributed by atoms with E-state index in [0.717, 1.165) is 36.1 Å². The van der Waals surface area contributed by atoms with Crippen molar-refractivity contribution < 1.29 is 9.84 Å². The number of aliphatic hydroxyl groups excluding tert-OH is 1. The van der Waals surface area contributed by atoms with Crippen molar-refractivity contribution in [1.29, 1.82) is 0 Å². The predicted molar refractivity (Wildman–Crippen MR) is 135 cm³/mol. The Labute approximate surface area is 195 Å². The lowest BCUT2D eigenvalue weighted by molar-refractivity contribution is -0.230. The van der Waals surface area contributed by atoms with Gasteiger partial charge in [0.1, 0.15) is 0 Å². The highest BCUT2D eigenvalue weighted by molar-refractivity contribution is 4.91. The molecule has 31 heavy (non-hydrogen) atoms. The summed E-state index contributed by atoms with van der Waals surface area (Å²) in [7, 11) is 2.12. The molecular weight excluding hydrogens is 382 g/mol. The Morgan fingerprint density at radius 2 is 1.19 bits per heavy atom. The van der Waals surface area contributed by atoms with E-state index >= 15 is 0 Å². The van der Waals surface area contributed by atoms with Crippen LogP contribution in [-0.2, 0) is 4.74 Å². The van der Waals surface area contributed by atoms with Gasteiger partial charge in [-0.3, -0.25) is 0 Å². The Kier molecular flexibility index (Phi) is 10.6. The number of aliphatic hydroxyl groups is 1. The smallest absolute Gasteiger partial charge is 0.157 e. The molecule has 186 valence electrons. The molecule has 1 heterocycles. The van der Waals surface area contributed by atoms with Gasteiger partial charge < -0.3 is 15.2 Å². The van der Waals surface area contributed by atoms with Crippen LogP contribution in [0, 0.1) is 52.3 Å². The average Bonchev–Trinajstić information content (AvgIpc) is 2.63. The molecule has 3 nitrogen and oxygen atoms in total. The van der Waals surface area contributed by atoms with Crippen LogP contribution >= 0.6 is 0 Å².